The van der Waals surface area contributed by atoms with Gasteiger partial charge in [-0.1, -0.05) is 0 Å². The molecule has 6 heteroatoms. The first kappa shape index (κ1) is 12.8. The SMILES string of the molecule is CNC(C#N)CSCCS(C)(=O)=O. The number of sulfone groups is 1. The third-order valence-electron chi connectivity index (χ3n) is 1.39. The third kappa shape index (κ3) is 8.09. The van der Waals surface area contributed by atoms with E-state index >= 15 is 0 Å². The third-order valence-corrected chi connectivity index (χ3v) is 3.65. The van der Waals surface area contributed by atoms with Crippen molar-refractivity contribution in [3.8, 4) is 6.07 Å². The lowest BCUT2D eigenvalue weighted by Crippen LogP contribution is -2.26. The van der Waals surface area contributed by atoms with Gasteiger partial charge in [0, 0.05) is 17.8 Å². The van der Waals surface area contributed by atoms with E-state index in [0.29, 0.717) is 11.5 Å². The van der Waals surface area contributed by atoms with E-state index < -0.39 is 9.84 Å². The van der Waals surface area contributed by atoms with Crippen molar-refractivity contribution in [2.45, 2.75) is 6.04 Å². The second-order valence-corrected chi connectivity index (χ2v) is 6.08. The molecule has 0 saturated heterocycles. The molecule has 0 aliphatic heterocycles. The number of nitrogens with zero attached hydrogens (tertiary/aromatic N) is 1. The van der Waals surface area contributed by atoms with Crippen molar-refractivity contribution in [3.63, 3.8) is 0 Å². The molecule has 76 valence electrons. The van der Waals surface area contributed by atoms with Crippen molar-refractivity contribution < 1.29 is 8.42 Å². The van der Waals surface area contributed by atoms with E-state index in [-0.39, 0.29) is 11.8 Å². The molecular formula is C7H14N2O2S2. The Bertz CT molecular complexity index is 269. The van der Waals surface area contributed by atoms with E-state index in [2.05, 4.69) is 11.4 Å². The van der Waals surface area contributed by atoms with Crippen LogP contribution in [0.2, 0.25) is 0 Å². The Labute approximate surface area is 83.6 Å². The van der Waals surface area contributed by atoms with Crippen molar-refractivity contribution in [3.05, 3.63) is 0 Å². The van der Waals surface area contributed by atoms with E-state index in [1.54, 1.807) is 7.05 Å². The number of rotatable bonds is 6. The molecule has 0 saturated carbocycles. The fourth-order valence-corrected chi connectivity index (χ4v) is 2.92. The first-order valence-corrected chi connectivity index (χ1v) is 7.03. The summed E-state index contributed by atoms with van der Waals surface area (Å²) >= 11 is 1.47. The number of nitrogens with one attached hydrogen (secondary N) is 1. The van der Waals surface area contributed by atoms with Gasteiger partial charge in [0.25, 0.3) is 0 Å². The van der Waals surface area contributed by atoms with Crippen LogP contribution >= 0.6 is 11.8 Å². The number of thioether (sulfide) groups is 1. The molecule has 0 fully saturated rings. The summed E-state index contributed by atoms with van der Waals surface area (Å²) in [5.41, 5.74) is 0. The molecule has 0 aromatic heterocycles. The summed E-state index contributed by atoms with van der Waals surface area (Å²) in [5.74, 6) is 1.36. The molecule has 0 aliphatic rings. The van der Waals surface area contributed by atoms with Gasteiger partial charge >= 0.3 is 0 Å². The highest BCUT2D eigenvalue weighted by Gasteiger charge is 2.05. The minimum absolute atomic E-state index is 0.180. The lowest BCUT2D eigenvalue weighted by Gasteiger charge is -2.05. The molecule has 0 aliphatic carbocycles. The Kier molecular flexibility index (Phi) is 6.12. The van der Waals surface area contributed by atoms with Crippen LogP contribution in [-0.2, 0) is 9.84 Å². The first-order chi connectivity index (χ1) is 5.99. The molecular weight excluding hydrogens is 208 g/mol. The molecule has 1 atom stereocenters. The number of hydrogen-bond acceptors (Lipinski definition) is 5. The van der Waals surface area contributed by atoms with Gasteiger partial charge in [0.2, 0.25) is 0 Å². The van der Waals surface area contributed by atoms with Crippen LogP contribution in [0.3, 0.4) is 0 Å². The highest BCUT2D eigenvalue weighted by molar-refractivity contribution is 8.00. The molecule has 0 rings (SSSR count). The van der Waals surface area contributed by atoms with Crippen LogP contribution in [0.15, 0.2) is 0 Å². The first-order valence-electron chi connectivity index (χ1n) is 3.82. The molecule has 0 aromatic carbocycles. The summed E-state index contributed by atoms with van der Waals surface area (Å²) in [5, 5.41) is 11.4. The van der Waals surface area contributed by atoms with Crippen molar-refractivity contribution >= 4 is 21.6 Å². The van der Waals surface area contributed by atoms with Gasteiger partial charge in [-0.2, -0.15) is 17.0 Å². The lowest BCUT2D eigenvalue weighted by molar-refractivity contribution is 0.603. The minimum Gasteiger partial charge on any atom is -0.304 e. The summed E-state index contributed by atoms with van der Waals surface area (Å²) in [7, 11) is -1.15. The maximum atomic E-state index is 10.7. The van der Waals surface area contributed by atoms with E-state index in [9.17, 15) is 8.42 Å². The summed E-state index contributed by atoms with van der Waals surface area (Å²) in [6, 6.07) is 1.88. The normalized spacial score (nSPS) is 13.6. The van der Waals surface area contributed by atoms with Crippen LogP contribution in [0.1, 0.15) is 0 Å². The summed E-state index contributed by atoms with van der Waals surface area (Å²) in [6.45, 7) is 0. The molecule has 1 N–H and O–H groups in total. The van der Waals surface area contributed by atoms with Crippen molar-refractivity contribution in [1.82, 2.24) is 5.32 Å². The topological polar surface area (TPSA) is 70.0 Å². The van der Waals surface area contributed by atoms with Gasteiger partial charge in [0.15, 0.2) is 0 Å². The fourth-order valence-electron chi connectivity index (χ4n) is 0.597. The zero-order valence-electron chi connectivity index (χ0n) is 7.78. The lowest BCUT2D eigenvalue weighted by atomic mass is 10.4. The molecule has 0 radical (unpaired) electrons. The van der Waals surface area contributed by atoms with Gasteiger partial charge in [-0.25, -0.2) is 8.42 Å². The average molecular weight is 222 g/mol. The predicted octanol–water partition coefficient (Wildman–Crippen LogP) is -0.124. The van der Waals surface area contributed by atoms with Crippen LogP contribution < -0.4 is 5.32 Å². The van der Waals surface area contributed by atoms with Crippen LogP contribution in [0.4, 0.5) is 0 Å². The largest absolute Gasteiger partial charge is 0.304 e. The summed E-state index contributed by atoms with van der Waals surface area (Å²) < 4.78 is 21.4. The Morgan fingerprint density at radius 3 is 2.62 bits per heavy atom. The summed E-state index contributed by atoms with van der Waals surface area (Å²) in [4.78, 5) is 0. The number of nitriles is 1. The zero-order chi connectivity index (χ0) is 10.3. The van der Waals surface area contributed by atoms with Gasteiger partial charge in [-0.05, 0) is 7.05 Å². The van der Waals surface area contributed by atoms with E-state index in [1.165, 1.54) is 18.0 Å². The zero-order valence-corrected chi connectivity index (χ0v) is 9.41. The van der Waals surface area contributed by atoms with Crippen molar-refractivity contribution in [2.24, 2.45) is 0 Å². The standard InChI is InChI=1S/C7H14N2O2S2/c1-9-7(5-8)6-12-3-4-13(2,10)11/h7,9H,3-4,6H2,1-2H3. The van der Waals surface area contributed by atoms with E-state index in [1.807, 2.05) is 0 Å². The van der Waals surface area contributed by atoms with E-state index in [0.717, 1.165) is 0 Å². The monoisotopic (exact) mass is 222 g/mol. The van der Waals surface area contributed by atoms with Gasteiger partial charge in [0.1, 0.15) is 15.9 Å². The highest BCUT2D eigenvalue weighted by atomic mass is 32.2. The maximum Gasteiger partial charge on any atom is 0.148 e. The molecule has 4 nitrogen and oxygen atoms in total. The minimum atomic E-state index is -2.86. The molecule has 1 unspecified atom stereocenters. The molecule has 0 bridgehead atoms. The Balaban J connectivity index is 3.53. The van der Waals surface area contributed by atoms with Gasteiger partial charge < -0.3 is 5.32 Å². The Morgan fingerprint density at radius 2 is 2.23 bits per heavy atom. The Morgan fingerprint density at radius 1 is 1.62 bits per heavy atom. The molecule has 0 aromatic rings. The molecule has 0 spiro atoms. The van der Waals surface area contributed by atoms with Crippen molar-refractivity contribution in [2.75, 3.05) is 30.6 Å². The fraction of sp³-hybridized carbons (Fsp3) is 0.857. The molecule has 0 amide bonds. The maximum absolute atomic E-state index is 10.7. The van der Waals surface area contributed by atoms with Gasteiger partial charge in [-0.3, -0.25) is 0 Å². The van der Waals surface area contributed by atoms with Crippen LogP contribution in [0.25, 0.3) is 0 Å². The molecule has 0 heterocycles. The summed E-state index contributed by atoms with van der Waals surface area (Å²) in [6.07, 6.45) is 1.22. The highest BCUT2D eigenvalue weighted by Crippen LogP contribution is 2.03. The predicted molar refractivity (Wildman–Crippen MR) is 55.5 cm³/mol. The molecule has 13 heavy (non-hydrogen) atoms. The van der Waals surface area contributed by atoms with Crippen molar-refractivity contribution in [1.29, 1.82) is 5.26 Å². The van der Waals surface area contributed by atoms with Crippen LogP contribution in [0, 0.1) is 11.3 Å². The van der Waals surface area contributed by atoms with Gasteiger partial charge in [-0.15, -0.1) is 0 Å². The van der Waals surface area contributed by atoms with Gasteiger partial charge in [0.05, 0.1) is 11.8 Å². The quantitative estimate of drug-likeness (QED) is 0.634. The van der Waals surface area contributed by atoms with Crippen LogP contribution in [-0.4, -0.2) is 45.0 Å². The van der Waals surface area contributed by atoms with Crippen LogP contribution in [0.5, 0.6) is 0 Å². The number of hydrogen-bond donors (Lipinski definition) is 1. The smallest absolute Gasteiger partial charge is 0.148 e. The average Bonchev–Trinajstić information content (AvgIpc) is 2.03. The van der Waals surface area contributed by atoms with E-state index in [4.69, 9.17) is 5.26 Å². The second kappa shape index (κ2) is 6.24. The Hall–Kier alpha value is -0.250. The second-order valence-electron chi connectivity index (χ2n) is 2.68.